The second kappa shape index (κ2) is 8.43. The van der Waals surface area contributed by atoms with E-state index in [0.29, 0.717) is 17.9 Å². The molecule has 0 atom stereocenters. The van der Waals surface area contributed by atoms with Crippen LogP contribution in [0.5, 0.6) is 11.5 Å². The number of halogens is 1. The molecule has 1 aliphatic rings. The molecule has 6 nitrogen and oxygen atoms in total. The zero-order chi connectivity index (χ0) is 23.9. The van der Waals surface area contributed by atoms with E-state index in [4.69, 9.17) is 9.72 Å². The van der Waals surface area contributed by atoms with Gasteiger partial charge in [-0.15, -0.1) is 0 Å². The van der Waals surface area contributed by atoms with Crippen molar-refractivity contribution in [2.75, 3.05) is 12.4 Å². The third-order valence-electron chi connectivity index (χ3n) is 6.51. The fourth-order valence-corrected chi connectivity index (χ4v) is 4.84. The van der Waals surface area contributed by atoms with Crippen molar-refractivity contribution in [1.29, 1.82) is 0 Å². The minimum Gasteiger partial charge on any atom is -0.505 e. The average Bonchev–Trinajstić information content (AvgIpc) is 3.42. The number of anilines is 2. The van der Waals surface area contributed by atoms with Crippen LogP contribution in [0.2, 0.25) is 0 Å². The largest absolute Gasteiger partial charge is 0.505 e. The minimum atomic E-state index is -0.263. The van der Waals surface area contributed by atoms with E-state index >= 15 is 0 Å². The van der Waals surface area contributed by atoms with Gasteiger partial charge in [-0.1, -0.05) is 24.3 Å². The monoisotopic (exact) mass is 466 g/mol. The molecule has 2 aromatic heterocycles. The lowest BCUT2D eigenvalue weighted by molar-refractivity contribution is 0.415. The van der Waals surface area contributed by atoms with E-state index in [0.717, 1.165) is 57.8 Å². The lowest BCUT2D eigenvalue weighted by Crippen LogP contribution is -2.02. The second-order valence-corrected chi connectivity index (χ2v) is 8.62. The van der Waals surface area contributed by atoms with Crippen LogP contribution in [0.3, 0.4) is 0 Å². The molecular formula is C28H23FN4O2. The molecule has 0 fully saturated rings. The van der Waals surface area contributed by atoms with Crippen LogP contribution in [0.1, 0.15) is 16.8 Å². The summed E-state index contributed by atoms with van der Waals surface area (Å²) >= 11 is 0. The predicted octanol–water partition coefficient (Wildman–Crippen LogP) is 5.84. The molecule has 2 N–H and O–H groups in total. The molecule has 0 radical (unpaired) electrons. The number of aromatic nitrogens is 3. The lowest BCUT2D eigenvalue weighted by Gasteiger charge is -2.09. The first-order chi connectivity index (χ1) is 17.1. The maximum Gasteiger partial charge on any atom is 0.227 e. The van der Waals surface area contributed by atoms with E-state index in [1.165, 1.54) is 6.07 Å². The fraction of sp³-hybridized carbons (Fsp3) is 0.143. The Balaban J connectivity index is 1.38. The third kappa shape index (κ3) is 3.75. The number of methoxy groups -OCH3 is 1. The highest BCUT2D eigenvalue weighted by atomic mass is 19.1. The quantitative estimate of drug-likeness (QED) is 0.329. The number of nitrogens with zero attached hydrogens (tertiary/aromatic N) is 3. The van der Waals surface area contributed by atoms with Crippen LogP contribution in [0.15, 0.2) is 72.9 Å². The number of benzene rings is 3. The van der Waals surface area contributed by atoms with Crippen molar-refractivity contribution in [1.82, 2.24) is 14.5 Å². The summed E-state index contributed by atoms with van der Waals surface area (Å²) in [7, 11) is 1.63. The van der Waals surface area contributed by atoms with Gasteiger partial charge in [-0.3, -0.25) is 0 Å². The van der Waals surface area contributed by atoms with Crippen LogP contribution >= 0.6 is 0 Å². The van der Waals surface area contributed by atoms with Crippen molar-refractivity contribution >= 4 is 22.5 Å². The smallest absolute Gasteiger partial charge is 0.227 e. The van der Waals surface area contributed by atoms with Gasteiger partial charge in [-0.2, -0.15) is 0 Å². The first kappa shape index (κ1) is 21.2. The zero-order valence-electron chi connectivity index (χ0n) is 19.1. The number of rotatable bonds is 6. The molecule has 174 valence electrons. The van der Waals surface area contributed by atoms with Gasteiger partial charge in [0.25, 0.3) is 0 Å². The summed E-state index contributed by atoms with van der Waals surface area (Å²) in [4.78, 5) is 9.06. The van der Waals surface area contributed by atoms with Crippen molar-refractivity contribution < 1.29 is 14.2 Å². The Kier molecular flexibility index (Phi) is 5.10. The van der Waals surface area contributed by atoms with E-state index in [9.17, 15) is 9.50 Å². The van der Waals surface area contributed by atoms with Crippen LogP contribution in [0.4, 0.5) is 16.0 Å². The zero-order valence-corrected chi connectivity index (χ0v) is 19.1. The van der Waals surface area contributed by atoms with Crippen molar-refractivity contribution in [2.45, 2.75) is 19.4 Å². The summed E-state index contributed by atoms with van der Waals surface area (Å²) in [5.74, 6) is 1.15. The molecule has 0 amide bonds. The SMILES string of the molecule is COc1cccc(Nc2nccc(-c3cc4c5c(c3)c(O)c(Cc3ccccc3F)n5CC4)n2)c1. The van der Waals surface area contributed by atoms with E-state index in [-0.39, 0.29) is 11.6 Å². The number of hydrogen-bond donors (Lipinski definition) is 2. The highest BCUT2D eigenvalue weighted by Crippen LogP contribution is 2.41. The van der Waals surface area contributed by atoms with Crippen LogP contribution in [-0.2, 0) is 19.4 Å². The average molecular weight is 467 g/mol. The normalized spacial score (nSPS) is 12.3. The Morgan fingerprint density at radius 1 is 1.09 bits per heavy atom. The van der Waals surface area contributed by atoms with Gasteiger partial charge in [0.2, 0.25) is 5.95 Å². The molecule has 0 unspecified atom stereocenters. The minimum absolute atomic E-state index is 0.204. The molecule has 0 saturated heterocycles. The Morgan fingerprint density at radius 2 is 1.97 bits per heavy atom. The molecular weight excluding hydrogens is 443 g/mol. The number of aromatic hydroxyl groups is 1. The van der Waals surface area contributed by atoms with E-state index in [2.05, 4.69) is 20.9 Å². The Hall–Kier alpha value is -4.39. The molecule has 5 aromatic rings. The summed E-state index contributed by atoms with van der Waals surface area (Å²) in [6, 6.07) is 20.2. The topological polar surface area (TPSA) is 72.2 Å². The third-order valence-corrected chi connectivity index (χ3v) is 6.51. The molecule has 1 aliphatic heterocycles. The van der Waals surface area contributed by atoms with Crippen LogP contribution in [-0.4, -0.2) is 26.8 Å². The van der Waals surface area contributed by atoms with Gasteiger partial charge >= 0.3 is 0 Å². The number of hydrogen-bond acceptors (Lipinski definition) is 5. The first-order valence-corrected chi connectivity index (χ1v) is 11.5. The van der Waals surface area contributed by atoms with E-state index in [1.807, 2.05) is 42.5 Å². The fourth-order valence-electron chi connectivity index (χ4n) is 4.84. The molecule has 0 saturated carbocycles. The Morgan fingerprint density at radius 3 is 2.83 bits per heavy atom. The molecule has 3 heterocycles. The van der Waals surface area contributed by atoms with E-state index < -0.39 is 0 Å². The summed E-state index contributed by atoms with van der Waals surface area (Å²) in [5.41, 5.74) is 5.94. The molecule has 7 heteroatoms. The molecule has 0 spiro atoms. The number of ether oxygens (including phenoxy) is 1. The highest BCUT2D eigenvalue weighted by Gasteiger charge is 2.25. The Bertz CT molecular complexity index is 1580. The van der Waals surface area contributed by atoms with Gasteiger partial charge in [-0.25, -0.2) is 14.4 Å². The lowest BCUT2D eigenvalue weighted by atomic mass is 10.0. The summed E-state index contributed by atoms with van der Waals surface area (Å²) in [6.07, 6.45) is 2.90. The molecule has 35 heavy (non-hydrogen) atoms. The van der Waals surface area contributed by atoms with E-state index in [1.54, 1.807) is 25.4 Å². The van der Waals surface area contributed by atoms with Crippen LogP contribution < -0.4 is 10.1 Å². The predicted molar refractivity (Wildman–Crippen MR) is 134 cm³/mol. The Labute approximate surface area is 201 Å². The molecule has 0 aliphatic carbocycles. The second-order valence-electron chi connectivity index (χ2n) is 8.62. The number of aryl methyl sites for hydroxylation is 2. The van der Waals surface area contributed by atoms with Crippen molar-refractivity contribution in [3.05, 3.63) is 95.6 Å². The maximum absolute atomic E-state index is 14.3. The summed E-state index contributed by atoms with van der Waals surface area (Å²) in [5, 5.41) is 15.1. The van der Waals surface area contributed by atoms with Gasteiger partial charge in [-0.05, 0) is 53.9 Å². The number of nitrogens with one attached hydrogen (secondary N) is 1. The van der Waals surface area contributed by atoms with Crippen molar-refractivity contribution in [3.8, 4) is 22.8 Å². The molecule has 6 rings (SSSR count). The van der Waals surface area contributed by atoms with Gasteiger partial charge in [0.1, 0.15) is 17.3 Å². The highest BCUT2D eigenvalue weighted by molar-refractivity contribution is 5.95. The molecule has 3 aromatic carbocycles. The van der Waals surface area contributed by atoms with Crippen molar-refractivity contribution in [3.63, 3.8) is 0 Å². The summed E-state index contributed by atoms with van der Waals surface area (Å²) < 4.78 is 21.7. The van der Waals surface area contributed by atoms with Crippen molar-refractivity contribution in [2.24, 2.45) is 0 Å². The van der Waals surface area contributed by atoms with Gasteiger partial charge in [0, 0.05) is 41.9 Å². The summed E-state index contributed by atoms with van der Waals surface area (Å²) in [6.45, 7) is 0.756. The molecule has 0 bridgehead atoms. The maximum atomic E-state index is 14.3. The van der Waals surface area contributed by atoms with Crippen LogP contribution in [0, 0.1) is 5.82 Å². The van der Waals surface area contributed by atoms with Gasteiger partial charge in [0.15, 0.2) is 0 Å². The van der Waals surface area contributed by atoms with Gasteiger partial charge < -0.3 is 19.7 Å². The van der Waals surface area contributed by atoms with Crippen LogP contribution in [0.25, 0.3) is 22.2 Å². The van der Waals surface area contributed by atoms with Gasteiger partial charge in [0.05, 0.1) is 24.0 Å². The first-order valence-electron chi connectivity index (χ1n) is 11.5. The standard InChI is InChI=1S/C28H23FN4O2/c1-35-21-7-4-6-20(16-21)31-28-30-11-9-24(32-28)19-13-18-10-12-33-25(27(34)22(14-19)26(18)33)15-17-5-2-3-8-23(17)29/h2-9,11,13-14,16,34H,10,12,15H2,1H3,(H,30,31,32).